The first kappa shape index (κ1) is 15.2. The largest absolute Gasteiger partial charge is 0.348 e. The van der Waals surface area contributed by atoms with Crippen molar-refractivity contribution in [2.45, 2.75) is 37.8 Å². The van der Waals surface area contributed by atoms with E-state index < -0.39 is 4.92 Å². The summed E-state index contributed by atoms with van der Waals surface area (Å²) >= 11 is 0. The van der Waals surface area contributed by atoms with Gasteiger partial charge in [-0.25, -0.2) is 0 Å². The molecule has 0 radical (unpaired) electrons. The van der Waals surface area contributed by atoms with Gasteiger partial charge in [0.2, 0.25) is 5.91 Å². The lowest BCUT2D eigenvalue weighted by atomic mass is 9.91. The highest BCUT2D eigenvalue weighted by molar-refractivity contribution is 5.92. The Morgan fingerprint density at radius 1 is 1.29 bits per heavy atom. The minimum Gasteiger partial charge on any atom is -0.348 e. The quantitative estimate of drug-likeness (QED) is 0.503. The summed E-state index contributed by atoms with van der Waals surface area (Å²) in [6.07, 6.45) is 7.13. The molecule has 3 N–H and O–H groups in total. The lowest BCUT2D eigenvalue weighted by Gasteiger charge is -2.28. The maximum atomic E-state index is 11.8. The Bertz CT molecular complexity index is 540. The van der Waals surface area contributed by atoms with Crippen LogP contribution in [0.4, 0.5) is 5.69 Å². The highest BCUT2D eigenvalue weighted by Gasteiger charge is 2.22. The predicted molar refractivity (Wildman–Crippen MR) is 80.5 cm³/mol. The SMILES string of the molecule is N[C@@H]1CCCC[C@H]1NC(=O)/C=C/c1ccc([N+](=O)[O-])cc1. The minimum atomic E-state index is -0.454. The van der Waals surface area contributed by atoms with Crippen LogP contribution in [-0.4, -0.2) is 22.9 Å². The molecule has 1 saturated carbocycles. The third-order valence-corrected chi connectivity index (χ3v) is 3.68. The fourth-order valence-corrected chi connectivity index (χ4v) is 2.45. The number of rotatable bonds is 4. The molecule has 0 saturated heterocycles. The van der Waals surface area contributed by atoms with Crippen LogP contribution in [0, 0.1) is 10.1 Å². The van der Waals surface area contributed by atoms with Gasteiger partial charge in [0, 0.05) is 30.3 Å². The van der Waals surface area contributed by atoms with Gasteiger partial charge in [0.15, 0.2) is 0 Å². The molecule has 2 atom stereocenters. The average molecular weight is 289 g/mol. The van der Waals surface area contributed by atoms with Crippen LogP contribution in [0.1, 0.15) is 31.2 Å². The zero-order valence-corrected chi connectivity index (χ0v) is 11.7. The van der Waals surface area contributed by atoms with E-state index in [4.69, 9.17) is 5.73 Å². The van der Waals surface area contributed by atoms with Crippen LogP contribution in [0.25, 0.3) is 6.08 Å². The number of carbonyl (C=O) groups excluding carboxylic acids is 1. The van der Waals surface area contributed by atoms with E-state index in [2.05, 4.69) is 5.32 Å². The summed E-state index contributed by atoms with van der Waals surface area (Å²) in [5, 5.41) is 13.5. The molecule has 0 unspecified atom stereocenters. The fourth-order valence-electron chi connectivity index (χ4n) is 2.45. The smallest absolute Gasteiger partial charge is 0.269 e. The molecule has 1 aliphatic carbocycles. The molecule has 2 rings (SSSR count). The van der Waals surface area contributed by atoms with Crippen LogP contribution in [0.2, 0.25) is 0 Å². The average Bonchev–Trinajstić information content (AvgIpc) is 2.48. The van der Waals surface area contributed by atoms with Gasteiger partial charge in [0.05, 0.1) is 4.92 Å². The molecular formula is C15H19N3O3. The molecule has 1 aromatic carbocycles. The molecule has 1 aromatic rings. The van der Waals surface area contributed by atoms with Crippen molar-refractivity contribution in [2.75, 3.05) is 0 Å². The van der Waals surface area contributed by atoms with Crippen LogP contribution in [0.5, 0.6) is 0 Å². The Morgan fingerprint density at radius 2 is 1.95 bits per heavy atom. The van der Waals surface area contributed by atoms with Crippen LogP contribution < -0.4 is 11.1 Å². The van der Waals surface area contributed by atoms with E-state index in [1.807, 2.05) is 0 Å². The monoisotopic (exact) mass is 289 g/mol. The molecular weight excluding hydrogens is 270 g/mol. The topological polar surface area (TPSA) is 98.3 Å². The molecule has 0 aliphatic heterocycles. The molecule has 6 heteroatoms. The van der Waals surface area contributed by atoms with Crippen molar-refractivity contribution in [1.82, 2.24) is 5.32 Å². The summed E-state index contributed by atoms with van der Waals surface area (Å²) in [5.41, 5.74) is 6.75. The number of nitro benzene ring substituents is 1. The molecule has 1 fully saturated rings. The normalized spacial score (nSPS) is 22.1. The van der Waals surface area contributed by atoms with Crippen molar-refractivity contribution >= 4 is 17.7 Å². The molecule has 112 valence electrons. The molecule has 1 aliphatic rings. The molecule has 0 aromatic heterocycles. The fraction of sp³-hybridized carbons (Fsp3) is 0.400. The number of nitrogens with two attached hydrogens (primary N) is 1. The zero-order chi connectivity index (χ0) is 15.2. The van der Waals surface area contributed by atoms with Gasteiger partial charge in [-0.15, -0.1) is 0 Å². The van der Waals surface area contributed by atoms with Crippen molar-refractivity contribution < 1.29 is 9.72 Å². The van der Waals surface area contributed by atoms with Crippen molar-refractivity contribution in [3.63, 3.8) is 0 Å². The van der Waals surface area contributed by atoms with Crippen LogP contribution in [0.3, 0.4) is 0 Å². The number of hydrogen-bond donors (Lipinski definition) is 2. The molecule has 21 heavy (non-hydrogen) atoms. The summed E-state index contributed by atoms with van der Waals surface area (Å²) < 4.78 is 0. The number of nitrogens with zero attached hydrogens (tertiary/aromatic N) is 1. The van der Waals surface area contributed by atoms with Gasteiger partial charge >= 0.3 is 0 Å². The van der Waals surface area contributed by atoms with E-state index in [1.165, 1.54) is 18.2 Å². The Kier molecular flexibility index (Phi) is 5.05. The van der Waals surface area contributed by atoms with Crippen molar-refractivity contribution in [3.8, 4) is 0 Å². The highest BCUT2D eigenvalue weighted by atomic mass is 16.6. The zero-order valence-electron chi connectivity index (χ0n) is 11.7. The number of carbonyl (C=O) groups is 1. The lowest BCUT2D eigenvalue weighted by Crippen LogP contribution is -2.48. The summed E-state index contributed by atoms with van der Waals surface area (Å²) in [4.78, 5) is 21.9. The molecule has 1 amide bonds. The standard InChI is InChI=1S/C15H19N3O3/c16-13-3-1-2-4-14(13)17-15(19)10-7-11-5-8-12(9-6-11)18(20)21/h5-10,13-14H,1-4,16H2,(H,17,19)/b10-7+/t13-,14-/m1/s1. The first-order valence-corrected chi connectivity index (χ1v) is 7.05. The lowest BCUT2D eigenvalue weighted by molar-refractivity contribution is -0.384. The summed E-state index contributed by atoms with van der Waals surface area (Å²) in [6, 6.07) is 6.09. The van der Waals surface area contributed by atoms with Crippen molar-refractivity contribution in [3.05, 3.63) is 46.0 Å². The van der Waals surface area contributed by atoms with Crippen molar-refractivity contribution in [2.24, 2.45) is 5.73 Å². The molecule has 0 heterocycles. The predicted octanol–water partition coefficient (Wildman–Crippen LogP) is 1.99. The second-order valence-corrected chi connectivity index (χ2v) is 5.25. The Morgan fingerprint density at radius 3 is 2.57 bits per heavy atom. The van der Waals surface area contributed by atoms with Gasteiger partial charge in [0.25, 0.3) is 5.69 Å². The summed E-state index contributed by atoms with van der Waals surface area (Å²) in [5.74, 6) is -0.185. The van der Waals surface area contributed by atoms with Gasteiger partial charge < -0.3 is 11.1 Å². The Labute approximate surface area is 123 Å². The van der Waals surface area contributed by atoms with Gasteiger partial charge in [-0.05, 0) is 36.6 Å². The Hall–Kier alpha value is -2.21. The first-order valence-electron chi connectivity index (χ1n) is 7.05. The van der Waals surface area contributed by atoms with Crippen LogP contribution >= 0.6 is 0 Å². The van der Waals surface area contributed by atoms with E-state index in [-0.39, 0.29) is 23.7 Å². The number of hydrogen-bond acceptors (Lipinski definition) is 4. The van der Waals surface area contributed by atoms with Gasteiger partial charge in [0.1, 0.15) is 0 Å². The van der Waals surface area contributed by atoms with E-state index in [1.54, 1.807) is 18.2 Å². The molecule has 0 bridgehead atoms. The maximum Gasteiger partial charge on any atom is 0.269 e. The van der Waals surface area contributed by atoms with E-state index in [0.29, 0.717) is 0 Å². The highest BCUT2D eigenvalue weighted by Crippen LogP contribution is 2.17. The first-order chi connectivity index (χ1) is 10.1. The summed E-state index contributed by atoms with van der Waals surface area (Å²) in [6.45, 7) is 0. The third-order valence-electron chi connectivity index (χ3n) is 3.68. The number of nitro groups is 1. The van der Waals surface area contributed by atoms with Gasteiger partial charge in [-0.3, -0.25) is 14.9 Å². The minimum absolute atomic E-state index is 0.0236. The van der Waals surface area contributed by atoms with E-state index in [9.17, 15) is 14.9 Å². The van der Waals surface area contributed by atoms with Crippen LogP contribution in [-0.2, 0) is 4.79 Å². The van der Waals surface area contributed by atoms with E-state index >= 15 is 0 Å². The Balaban J connectivity index is 1.90. The second-order valence-electron chi connectivity index (χ2n) is 5.25. The number of nitrogens with one attached hydrogen (secondary N) is 1. The second kappa shape index (κ2) is 6.99. The van der Waals surface area contributed by atoms with E-state index in [0.717, 1.165) is 31.2 Å². The molecule has 6 nitrogen and oxygen atoms in total. The van der Waals surface area contributed by atoms with Gasteiger partial charge in [-0.1, -0.05) is 12.8 Å². The van der Waals surface area contributed by atoms with Gasteiger partial charge in [-0.2, -0.15) is 0 Å². The summed E-state index contributed by atoms with van der Waals surface area (Å²) in [7, 11) is 0. The molecule has 0 spiro atoms. The number of amides is 1. The maximum absolute atomic E-state index is 11.8. The number of non-ortho nitro benzene ring substituents is 1. The number of benzene rings is 1. The van der Waals surface area contributed by atoms with Crippen LogP contribution in [0.15, 0.2) is 30.3 Å². The third kappa shape index (κ3) is 4.39. The van der Waals surface area contributed by atoms with Crippen molar-refractivity contribution in [1.29, 1.82) is 0 Å².